The molecule has 5 aromatic rings. The Kier molecular flexibility index (Phi) is 8.77. The predicted molar refractivity (Wildman–Crippen MR) is 186 cm³/mol. The molecule has 0 atom stereocenters. The van der Waals surface area contributed by atoms with Gasteiger partial charge in [-0.15, -0.1) is 0 Å². The number of phenolic OH excluding ortho intramolecular Hbond substituents is 2. The SMILES string of the molecule is O=C(OCCOCCNC(=S)Nc1ccc2c(c1)C(=O)OC21c2ccc(O)cc2Oc2cc(O)ccc21)Oc1ccc2cc(C(=O)O)ccc2c1. The minimum absolute atomic E-state index is 0.0314. The number of ether oxygens (including phenoxy) is 5. The second kappa shape index (κ2) is 13.5. The highest BCUT2D eigenvalue weighted by Gasteiger charge is 2.53. The fourth-order valence-electron chi connectivity index (χ4n) is 6.03. The van der Waals surface area contributed by atoms with Gasteiger partial charge in [0.1, 0.15) is 35.4 Å². The van der Waals surface area contributed by atoms with Crippen molar-refractivity contribution in [1.29, 1.82) is 0 Å². The van der Waals surface area contributed by atoms with Gasteiger partial charge in [0.2, 0.25) is 0 Å². The Morgan fingerprint density at radius 3 is 2.20 bits per heavy atom. The molecule has 0 bridgehead atoms. The van der Waals surface area contributed by atoms with E-state index in [2.05, 4.69) is 10.6 Å². The molecule has 2 aliphatic heterocycles. The van der Waals surface area contributed by atoms with E-state index in [4.69, 9.17) is 41.0 Å². The number of benzene rings is 5. The molecule has 0 fully saturated rings. The van der Waals surface area contributed by atoms with Crippen molar-refractivity contribution in [3.05, 3.63) is 119 Å². The maximum atomic E-state index is 13.3. The van der Waals surface area contributed by atoms with E-state index in [1.54, 1.807) is 54.6 Å². The molecule has 1 spiro atoms. The molecule has 0 saturated carbocycles. The third-order valence-corrected chi connectivity index (χ3v) is 8.52. The van der Waals surface area contributed by atoms with Crippen molar-refractivity contribution in [2.24, 2.45) is 0 Å². The zero-order chi connectivity index (χ0) is 35.7. The number of hydrogen-bond donors (Lipinski definition) is 5. The van der Waals surface area contributed by atoms with Gasteiger partial charge in [0.25, 0.3) is 0 Å². The van der Waals surface area contributed by atoms with Crippen LogP contribution in [-0.2, 0) is 19.8 Å². The summed E-state index contributed by atoms with van der Waals surface area (Å²) in [5.74, 6) is -0.831. The summed E-state index contributed by atoms with van der Waals surface area (Å²) in [6, 6.07) is 23.7. The molecule has 14 heteroatoms. The number of carboxylic acid groups (broad SMARTS) is 1. The number of phenols is 2. The van der Waals surface area contributed by atoms with Crippen LogP contribution >= 0.6 is 12.2 Å². The van der Waals surface area contributed by atoms with E-state index in [1.165, 1.54) is 36.4 Å². The molecule has 0 saturated heterocycles. The summed E-state index contributed by atoms with van der Waals surface area (Å²) >= 11 is 5.42. The fourth-order valence-corrected chi connectivity index (χ4v) is 6.25. The molecule has 7 rings (SSSR count). The number of aromatic carboxylic acids is 1. The largest absolute Gasteiger partial charge is 0.513 e. The van der Waals surface area contributed by atoms with Crippen LogP contribution in [0.1, 0.15) is 37.4 Å². The minimum atomic E-state index is -1.36. The standard InChI is InChI=1S/C37H28N2O11S/c40-24-5-9-29-31(18-24)49-32-19-25(41)6-10-30(32)37(29)28-8-4-23(17-27(28)34(44)50-37)39-35(51)38-11-12-46-13-14-47-36(45)48-26-7-3-20-15-22(33(42)43)2-1-21(20)16-26/h1-10,15-19,40-41H,11-14H2,(H,42,43)(H2,38,39,51). The Morgan fingerprint density at radius 1 is 0.784 bits per heavy atom. The van der Waals surface area contributed by atoms with Crippen molar-refractivity contribution in [1.82, 2.24) is 5.32 Å². The zero-order valence-electron chi connectivity index (χ0n) is 26.5. The number of rotatable bonds is 9. The topological polar surface area (TPSA) is 182 Å². The van der Waals surface area contributed by atoms with E-state index < -0.39 is 23.7 Å². The third kappa shape index (κ3) is 6.52. The molecular weight excluding hydrogens is 680 g/mol. The van der Waals surface area contributed by atoms with Crippen LogP contribution in [0.4, 0.5) is 10.5 Å². The third-order valence-electron chi connectivity index (χ3n) is 8.27. The first-order chi connectivity index (χ1) is 24.6. The van der Waals surface area contributed by atoms with Gasteiger partial charge in [-0.05, 0) is 83.7 Å². The second-order valence-corrected chi connectivity index (χ2v) is 11.9. The molecule has 0 amide bonds. The average Bonchev–Trinajstić information content (AvgIpc) is 3.38. The van der Waals surface area contributed by atoms with Crippen LogP contribution in [0, 0.1) is 0 Å². The normalized spacial score (nSPS) is 13.3. The van der Waals surface area contributed by atoms with Crippen LogP contribution in [0.5, 0.6) is 28.7 Å². The summed E-state index contributed by atoms with van der Waals surface area (Å²) in [7, 11) is 0. The summed E-state index contributed by atoms with van der Waals surface area (Å²) in [5.41, 5.74) is 1.24. The van der Waals surface area contributed by atoms with Crippen molar-refractivity contribution in [3.63, 3.8) is 0 Å². The average molecular weight is 709 g/mol. The lowest BCUT2D eigenvalue weighted by atomic mass is 9.77. The fraction of sp³-hybridized carbons (Fsp3) is 0.135. The number of hydrogen-bond acceptors (Lipinski definition) is 11. The number of aromatic hydroxyl groups is 2. The number of nitrogens with one attached hydrogen (secondary N) is 2. The summed E-state index contributed by atoms with van der Waals surface area (Å²) in [6.07, 6.45) is -0.906. The lowest BCUT2D eigenvalue weighted by Crippen LogP contribution is -2.33. The minimum Gasteiger partial charge on any atom is -0.508 e. The number of esters is 1. The summed E-state index contributed by atoms with van der Waals surface area (Å²) in [5, 5.41) is 37.1. The molecule has 5 aromatic carbocycles. The van der Waals surface area contributed by atoms with Gasteiger partial charge >= 0.3 is 18.1 Å². The van der Waals surface area contributed by atoms with Crippen molar-refractivity contribution < 1.29 is 53.4 Å². The molecule has 0 aromatic heterocycles. The van der Waals surface area contributed by atoms with Crippen molar-refractivity contribution in [2.45, 2.75) is 5.60 Å². The van der Waals surface area contributed by atoms with E-state index in [1.807, 2.05) is 0 Å². The van der Waals surface area contributed by atoms with E-state index in [9.17, 15) is 24.6 Å². The highest BCUT2D eigenvalue weighted by Crippen LogP contribution is 2.57. The number of thiocarbonyl (C=S) groups is 1. The summed E-state index contributed by atoms with van der Waals surface area (Å²) in [4.78, 5) is 36.6. The quantitative estimate of drug-likeness (QED) is 0.0518. The van der Waals surface area contributed by atoms with E-state index >= 15 is 0 Å². The van der Waals surface area contributed by atoms with Gasteiger partial charge in [0.05, 0.1) is 24.3 Å². The van der Waals surface area contributed by atoms with Crippen LogP contribution < -0.4 is 20.1 Å². The molecule has 0 radical (unpaired) electrons. The number of carbonyl (C=O) groups is 3. The van der Waals surface area contributed by atoms with Crippen LogP contribution in [-0.4, -0.2) is 64.9 Å². The van der Waals surface area contributed by atoms with Crippen LogP contribution in [0.2, 0.25) is 0 Å². The molecular formula is C37H28N2O11S. The Labute approximate surface area is 294 Å². The first-order valence-corrected chi connectivity index (χ1v) is 16.0. The molecule has 13 nitrogen and oxygen atoms in total. The van der Waals surface area contributed by atoms with E-state index in [0.29, 0.717) is 45.3 Å². The maximum absolute atomic E-state index is 13.3. The number of fused-ring (bicyclic) bond motifs is 7. The monoisotopic (exact) mass is 708 g/mol. The van der Waals surface area contributed by atoms with Gasteiger partial charge in [-0.1, -0.05) is 18.2 Å². The number of anilines is 1. The molecule has 51 heavy (non-hydrogen) atoms. The van der Waals surface area contributed by atoms with Gasteiger partial charge < -0.3 is 49.6 Å². The first kappa shape index (κ1) is 33.1. The molecule has 5 N–H and O–H groups in total. The molecule has 258 valence electrons. The lowest BCUT2D eigenvalue weighted by Gasteiger charge is -2.36. The van der Waals surface area contributed by atoms with Crippen LogP contribution in [0.3, 0.4) is 0 Å². The van der Waals surface area contributed by atoms with Crippen molar-refractivity contribution >= 4 is 51.9 Å². The molecule has 0 aliphatic carbocycles. The molecule has 2 aliphatic rings. The van der Waals surface area contributed by atoms with Crippen LogP contribution in [0.15, 0.2) is 91.0 Å². The molecule has 0 unspecified atom stereocenters. The van der Waals surface area contributed by atoms with E-state index in [-0.39, 0.29) is 59.2 Å². The summed E-state index contributed by atoms with van der Waals surface area (Å²) < 4.78 is 27.8. The predicted octanol–water partition coefficient (Wildman–Crippen LogP) is 6.04. The van der Waals surface area contributed by atoms with E-state index in [0.717, 1.165) is 0 Å². The highest BCUT2D eigenvalue weighted by molar-refractivity contribution is 7.80. The van der Waals surface area contributed by atoms with Gasteiger partial charge in [-0.2, -0.15) is 0 Å². The maximum Gasteiger partial charge on any atom is 0.513 e. The van der Waals surface area contributed by atoms with Crippen molar-refractivity contribution in [3.8, 4) is 28.7 Å². The van der Waals surface area contributed by atoms with Gasteiger partial charge in [0, 0.05) is 41.1 Å². The zero-order valence-corrected chi connectivity index (χ0v) is 27.3. The first-order valence-electron chi connectivity index (χ1n) is 15.6. The Hall–Kier alpha value is -6.38. The van der Waals surface area contributed by atoms with Crippen molar-refractivity contribution in [2.75, 3.05) is 31.7 Å². The number of carboxylic acids is 1. The van der Waals surface area contributed by atoms with Gasteiger partial charge in [-0.3, -0.25) is 0 Å². The van der Waals surface area contributed by atoms with Crippen LogP contribution in [0.25, 0.3) is 10.8 Å². The Morgan fingerprint density at radius 2 is 1.47 bits per heavy atom. The smallest absolute Gasteiger partial charge is 0.508 e. The molecule has 2 heterocycles. The highest BCUT2D eigenvalue weighted by atomic mass is 32.1. The lowest BCUT2D eigenvalue weighted by molar-refractivity contribution is 0.0223. The Bertz CT molecular complexity index is 2190. The summed E-state index contributed by atoms with van der Waals surface area (Å²) in [6.45, 7) is 0.639. The van der Waals surface area contributed by atoms with Gasteiger partial charge in [-0.25, -0.2) is 14.4 Å². The Balaban J connectivity index is 0.894. The van der Waals surface area contributed by atoms with Gasteiger partial charge in [0.15, 0.2) is 10.7 Å². The second-order valence-electron chi connectivity index (χ2n) is 11.5. The number of carbonyl (C=O) groups excluding carboxylic acids is 2.